The normalized spacial score (nSPS) is 16.4. The number of carbonyl (C=O) groups excluding carboxylic acids is 4. The van der Waals surface area contributed by atoms with Crippen LogP contribution in [-0.4, -0.2) is 44.2 Å². The summed E-state index contributed by atoms with van der Waals surface area (Å²) in [6, 6.07) is 15.2. The number of anilines is 1. The predicted molar refractivity (Wildman–Crippen MR) is 133 cm³/mol. The average Bonchev–Trinajstić information content (AvgIpc) is 2.87. The Kier molecular flexibility index (Phi) is 6.82. The van der Waals surface area contributed by atoms with Crippen molar-refractivity contribution in [3.63, 3.8) is 0 Å². The molecule has 1 aliphatic rings. The SMILES string of the molecule is COc1ccccc1C(C)NC(=O)c1ccc(C=O)c2c(N(C)C3CCC(=O)NC3=O)cccc12. The maximum atomic E-state index is 13.4. The fraction of sp³-hybridized carbons (Fsp3) is 0.259. The van der Waals surface area contributed by atoms with Crippen LogP contribution in [0.5, 0.6) is 5.75 Å². The maximum absolute atomic E-state index is 13.4. The van der Waals surface area contributed by atoms with Crippen molar-refractivity contribution in [3.05, 3.63) is 71.3 Å². The lowest BCUT2D eigenvalue weighted by molar-refractivity contribution is -0.134. The number of piperidine rings is 1. The summed E-state index contributed by atoms with van der Waals surface area (Å²) in [5.74, 6) is -0.302. The van der Waals surface area contributed by atoms with Crippen LogP contribution in [0.25, 0.3) is 10.8 Å². The summed E-state index contributed by atoms with van der Waals surface area (Å²) < 4.78 is 5.42. The Balaban J connectivity index is 1.72. The van der Waals surface area contributed by atoms with E-state index >= 15 is 0 Å². The number of nitrogens with one attached hydrogen (secondary N) is 2. The second-order valence-corrected chi connectivity index (χ2v) is 8.53. The summed E-state index contributed by atoms with van der Waals surface area (Å²) in [5.41, 5.74) is 2.29. The molecule has 0 spiro atoms. The van der Waals surface area contributed by atoms with Gasteiger partial charge in [-0.2, -0.15) is 0 Å². The summed E-state index contributed by atoms with van der Waals surface area (Å²) in [7, 11) is 3.33. The van der Waals surface area contributed by atoms with Gasteiger partial charge in [-0.3, -0.25) is 24.5 Å². The highest BCUT2D eigenvalue weighted by molar-refractivity contribution is 6.15. The molecule has 8 heteroatoms. The van der Waals surface area contributed by atoms with Gasteiger partial charge < -0.3 is 15.0 Å². The number of benzene rings is 3. The van der Waals surface area contributed by atoms with Gasteiger partial charge in [0, 0.05) is 41.2 Å². The van der Waals surface area contributed by atoms with E-state index in [4.69, 9.17) is 4.74 Å². The number of imide groups is 1. The number of nitrogens with zero attached hydrogens (tertiary/aromatic N) is 1. The minimum atomic E-state index is -0.569. The molecule has 3 aromatic rings. The molecule has 0 aliphatic carbocycles. The van der Waals surface area contributed by atoms with Gasteiger partial charge in [0.05, 0.1) is 13.2 Å². The number of amides is 3. The van der Waals surface area contributed by atoms with Crippen LogP contribution in [0.3, 0.4) is 0 Å². The molecule has 180 valence electrons. The first-order valence-corrected chi connectivity index (χ1v) is 11.4. The van der Waals surface area contributed by atoms with Crippen molar-refractivity contribution in [2.45, 2.75) is 31.8 Å². The smallest absolute Gasteiger partial charge is 0.252 e. The standard InChI is InChI=1S/C27H27N3O5/c1-16(18-7-4-5-10-23(18)35-3)28-26(33)20-12-11-17(15-31)25-19(20)8-6-9-21(25)30(2)22-13-14-24(32)29-27(22)34/h4-12,15-16,22H,13-14H2,1-3H3,(H,28,33)(H,29,32,34). The Labute approximate surface area is 203 Å². The van der Waals surface area contributed by atoms with Crippen LogP contribution < -0.4 is 20.3 Å². The van der Waals surface area contributed by atoms with Crippen molar-refractivity contribution in [1.29, 1.82) is 0 Å². The molecule has 0 saturated carbocycles. The van der Waals surface area contributed by atoms with Gasteiger partial charge in [0.2, 0.25) is 11.8 Å². The van der Waals surface area contributed by atoms with Gasteiger partial charge in [0.25, 0.3) is 5.91 Å². The highest BCUT2D eigenvalue weighted by Gasteiger charge is 2.31. The molecule has 4 rings (SSSR count). The molecule has 2 atom stereocenters. The van der Waals surface area contributed by atoms with E-state index in [0.717, 1.165) is 11.8 Å². The second kappa shape index (κ2) is 9.97. The topological polar surface area (TPSA) is 105 Å². The van der Waals surface area contributed by atoms with Crippen molar-refractivity contribution in [2.24, 2.45) is 0 Å². The second-order valence-electron chi connectivity index (χ2n) is 8.53. The van der Waals surface area contributed by atoms with Gasteiger partial charge in [-0.15, -0.1) is 0 Å². The number of hydrogen-bond acceptors (Lipinski definition) is 6. The largest absolute Gasteiger partial charge is 0.496 e. The minimum Gasteiger partial charge on any atom is -0.496 e. The van der Waals surface area contributed by atoms with E-state index in [2.05, 4.69) is 10.6 Å². The van der Waals surface area contributed by atoms with E-state index in [0.29, 0.717) is 39.8 Å². The molecule has 1 aliphatic heterocycles. The zero-order valence-corrected chi connectivity index (χ0v) is 19.8. The van der Waals surface area contributed by atoms with E-state index in [9.17, 15) is 19.2 Å². The Hall–Kier alpha value is -4.20. The number of ether oxygens (including phenoxy) is 1. The number of methoxy groups -OCH3 is 1. The summed E-state index contributed by atoms with van der Waals surface area (Å²) in [5, 5.41) is 6.56. The van der Waals surface area contributed by atoms with Crippen molar-refractivity contribution in [1.82, 2.24) is 10.6 Å². The van der Waals surface area contributed by atoms with Crippen LogP contribution in [-0.2, 0) is 9.59 Å². The molecule has 3 amide bonds. The third kappa shape index (κ3) is 4.59. The van der Waals surface area contributed by atoms with Crippen LogP contribution in [0.15, 0.2) is 54.6 Å². The van der Waals surface area contributed by atoms with E-state index < -0.39 is 6.04 Å². The fourth-order valence-corrected chi connectivity index (χ4v) is 4.60. The highest BCUT2D eigenvalue weighted by atomic mass is 16.5. The summed E-state index contributed by atoms with van der Waals surface area (Å²) in [6.07, 6.45) is 1.34. The lowest BCUT2D eigenvalue weighted by atomic mass is 9.95. The third-order valence-corrected chi connectivity index (χ3v) is 6.43. The van der Waals surface area contributed by atoms with Crippen LogP contribution in [0, 0.1) is 0 Å². The zero-order chi connectivity index (χ0) is 25.1. The summed E-state index contributed by atoms with van der Waals surface area (Å²) >= 11 is 0. The molecule has 35 heavy (non-hydrogen) atoms. The molecular weight excluding hydrogens is 446 g/mol. The highest BCUT2D eigenvalue weighted by Crippen LogP contribution is 2.34. The van der Waals surface area contributed by atoms with E-state index in [1.165, 1.54) is 0 Å². The molecule has 2 N–H and O–H groups in total. The predicted octanol–water partition coefficient (Wildman–Crippen LogP) is 3.39. The molecule has 2 unspecified atom stereocenters. The number of fused-ring (bicyclic) bond motifs is 1. The van der Waals surface area contributed by atoms with Crippen LogP contribution in [0.2, 0.25) is 0 Å². The van der Waals surface area contributed by atoms with Crippen molar-refractivity contribution >= 4 is 40.5 Å². The number of carbonyl (C=O) groups is 4. The molecule has 0 bridgehead atoms. The Morgan fingerprint density at radius 1 is 1.14 bits per heavy atom. The van der Waals surface area contributed by atoms with Crippen LogP contribution in [0.1, 0.15) is 52.1 Å². The minimum absolute atomic E-state index is 0.237. The number of rotatable bonds is 7. The summed E-state index contributed by atoms with van der Waals surface area (Å²) in [4.78, 5) is 51.1. The number of para-hydroxylation sites is 1. The number of hydrogen-bond donors (Lipinski definition) is 2. The van der Waals surface area contributed by atoms with E-state index in [-0.39, 0.29) is 30.2 Å². The molecule has 3 aromatic carbocycles. The first kappa shape index (κ1) is 23.9. The Morgan fingerprint density at radius 3 is 2.63 bits per heavy atom. The monoisotopic (exact) mass is 473 g/mol. The first-order chi connectivity index (χ1) is 16.8. The van der Waals surface area contributed by atoms with Gasteiger partial charge >= 0.3 is 0 Å². The number of aldehydes is 1. The molecule has 8 nitrogen and oxygen atoms in total. The molecule has 1 saturated heterocycles. The molecule has 0 radical (unpaired) electrons. The van der Waals surface area contributed by atoms with Crippen LogP contribution in [0.4, 0.5) is 5.69 Å². The molecular formula is C27H27N3O5. The maximum Gasteiger partial charge on any atom is 0.252 e. The molecule has 1 heterocycles. The molecule has 0 aromatic heterocycles. The molecule has 1 fully saturated rings. The number of likely N-dealkylation sites (N-methyl/N-ethyl adjacent to an activating group) is 1. The van der Waals surface area contributed by atoms with Crippen molar-refractivity contribution in [3.8, 4) is 5.75 Å². The first-order valence-electron chi connectivity index (χ1n) is 11.4. The zero-order valence-electron chi connectivity index (χ0n) is 19.8. The summed E-state index contributed by atoms with van der Waals surface area (Å²) in [6.45, 7) is 1.87. The Bertz CT molecular complexity index is 1320. The fourth-order valence-electron chi connectivity index (χ4n) is 4.60. The van der Waals surface area contributed by atoms with Gasteiger partial charge in [-0.25, -0.2) is 0 Å². The lowest BCUT2D eigenvalue weighted by Gasteiger charge is -2.32. The van der Waals surface area contributed by atoms with Crippen LogP contribution >= 0.6 is 0 Å². The van der Waals surface area contributed by atoms with Crippen molar-refractivity contribution < 1.29 is 23.9 Å². The van der Waals surface area contributed by atoms with E-state index in [1.54, 1.807) is 49.4 Å². The third-order valence-electron chi connectivity index (χ3n) is 6.43. The van der Waals surface area contributed by atoms with Gasteiger partial charge in [0.1, 0.15) is 11.8 Å². The van der Waals surface area contributed by atoms with Gasteiger partial charge in [0.15, 0.2) is 6.29 Å². The lowest BCUT2D eigenvalue weighted by Crippen LogP contribution is -2.51. The Morgan fingerprint density at radius 2 is 1.91 bits per heavy atom. The van der Waals surface area contributed by atoms with E-state index in [1.807, 2.05) is 31.2 Å². The van der Waals surface area contributed by atoms with Gasteiger partial charge in [-0.1, -0.05) is 36.4 Å². The quantitative estimate of drug-likeness (QED) is 0.403. The van der Waals surface area contributed by atoms with Crippen molar-refractivity contribution in [2.75, 3.05) is 19.1 Å². The average molecular weight is 474 g/mol. The van der Waals surface area contributed by atoms with Gasteiger partial charge in [-0.05, 0) is 36.9 Å².